The van der Waals surface area contributed by atoms with E-state index in [9.17, 15) is 14.4 Å². The Kier molecular flexibility index (Phi) is 3.06. The second-order valence-corrected chi connectivity index (χ2v) is 3.12. The molecule has 1 aliphatic rings. The molecule has 0 spiro atoms. The van der Waals surface area contributed by atoms with Crippen LogP contribution in [0.3, 0.4) is 0 Å². The summed E-state index contributed by atoms with van der Waals surface area (Å²) in [7, 11) is 0. The molecule has 2 amide bonds. The average Bonchev–Trinajstić information content (AvgIpc) is 2.11. The van der Waals surface area contributed by atoms with Crippen LogP contribution >= 0.6 is 0 Å². The molecule has 0 aliphatic carbocycles. The lowest BCUT2D eigenvalue weighted by Gasteiger charge is -2.32. The summed E-state index contributed by atoms with van der Waals surface area (Å²) in [5.74, 6) is -1.45. The number of amides is 2. The van der Waals surface area contributed by atoms with Gasteiger partial charge in [-0.15, -0.1) is 0 Å². The van der Waals surface area contributed by atoms with Crippen molar-refractivity contribution in [3.8, 4) is 0 Å². The summed E-state index contributed by atoms with van der Waals surface area (Å²) in [6, 6.07) is -0.574. The van der Waals surface area contributed by atoms with E-state index in [-0.39, 0.29) is 31.3 Å². The van der Waals surface area contributed by atoms with Gasteiger partial charge in [-0.05, 0) is 6.92 Å². The van der Waals surface area contributed by atoms with Gasteiger partial charge in [0.15, 0.2) is 0 Å². The van der Waals surface area contributed by atoms with Crippen LogP contribution < -0.4 is 5.32 Å². The lowest BCUT2D eigenvalue weighted by molar-refractivity contribution is -0.146. The zero-order valence-corrected chi connectivity index (χ0v) is 7.82. The van der Waals surface area contributed by atoms with Crippen molar-refractivity contribution in [2.24, 2.45) is 0 Å². The van der Waals surface area contributed by atoms with E-state index in [1.807, 2.05) is 0 Å². The van der Waals surface area contributed by atoms with Gasteiger partial charge in [0.05, 0.1) is 13.0 Å². The zero-order valence-electron chi connectivity index (χ0n) is 7.82. The normalized spacial score (nSPS) is 22.1. The van der Waals surface area contributed by atoms with Crippen molar-refractivity contribution >= 4 is 17.8 Å². The second-order valence-electron chi connectivity index (χ2n) is 3.12. The zero-order chi connectivity index (χ0) is 10.7. The highest BCUT2D eigenvalue weighted by Gasteiger charge is 2.30. The van der Waals surface area contributed by atoms with Gasteiger partial charge in [0.2, 0.25) is 11.8 Å². The van der Waals surface area contributed by atoms with Crippen LogP contribution in [0.5, 0.6) is 0 Å². The third-order valence-electron chi connectivity index (χ3n) is 2.15. The van der Waals surface area contributed by atoms with Gasteiger partial charge >= 0.3 is 5.97 Å². The lowest BCUT2D eigenvalue weighted by Crippen LogP contribution is -2.57. The van der Waals surface area contributed by atoms with Crippen LogP contribution in [0.1, 0.15) is 13.3 Å². The van der Waals surface area contributed by atoms with Crippen molar-refractivity contribution < 1.29 is 19.5 Å². The fourth-order valence-electron chi connectivity index (χ4n) is 1.30. The minimum Gasteiger partial charge on any atom is -0.481 e. The molecular formula is C8H12N2O4. The van der Waals surface area contributed by atoms with Crippen LogP contribution in [0.25, 0.3) is 0 Å². The maximum atomic E-state index is 11.3. The third-order valence-corrected chi connectivity index (χ3v) is 2.15. The van der Waals surface area contributed by atoms with Gasteiger partial charge < -0.3 is 15.3 Å². The Morgan fingerprint density at radius 2 is 2.29 bits per heavy atom. The molecular weight excluding hydrogens is 188 g/mol. The number of carboxylic acids is 1. The van der Waals surface area contributed by atoms with E-state index in [4.69, 9.17) is 5.11 Å². The summed E-state index contributed by atoms with van der Waals surface area (Å²) in [4.78, 5) is 34.0. The highest BCUT2D eigenvalue weighted by atomic mass is 16.4. The molecule has 0 bridgehead atoms. The molecule has 1 rings (SSSR count). The second kappa shape index (κ2) is 4.08. The predicted molar refractivity (Wildman–Crippen MR) is 46.4 cm³/mol. The van der Waals surface area contributed by atoms with Crippen molar-refractivity contribution in [2.75, 3.05) is 13.1 Å². The summed E-state index contributed by atoms with van der Waals surface area (Å²) < 4.78 is 0. The molecule has 1 unspecified atom stereocenters. The Morgan fingerprint density at radius 3 is 2.86 bits per heavy atom. The fraction of sp³-hybridized carbons (Fsp3) is 0.625. The number of carboxylic acid groups (broad SMARTS) is 1. The number of hydrogen-bond acceptors (Lipinski definition) is 3. The van der Waals surface area contributed by atoms with E-state index in [2.05, 4.69) is 5.32 Å². The number of rotatable bonds is 3. The molecule has 6 heteroatoms. The molecule has 78 valence electrons. The maximum Gasteiger partial charge on any atom is 0.305 e. The molecule has 6 nitrogen and oxygen atoms in total. The van der Waals surface area contributed by atoms with E-state index < -0.39 is 12.0 Å². The topological polar surface area (TPSA) is 86.7 Å². The summed E-state index contributed by atoms with van der Waals surface area (Å²) in [5.41, 5.74) is 0. The molecule has 0 saturated carbocycles. The monoisotopic (exact) mass is 200 g/mol. The standard InChI is InChI=1S/C8H12N2O4/c1-5-8(14)9-4-6(11)10(5)3-2-7(12)13/h5H,2-4H2,1H3,(H,9,14)(H,12,13). The molecule has 1 aliphatic heterocycles. The summed E-state index contributed by atoms with van der Waals surface area (Å²) in [6.45, 7) is 1.62. The highest BCUT2D eigenvalue weighted by molar-refractivity contribution is 5.94. The first kappa shape index (κ1) is 10.5. The quantitative estimate of drug-likeness (QED) is 0.599. The van der Waals surface area contributed by atoms with Gasteiger partial charge in [-0.25, -0.2) is 0 Å². The van der Waals surface area contributed by atoms with E-state index in [1.54, 1.807) is 6.92 Å². The number of nitrogens with zero attached hydrogens (tertiary/aromatic N) is 1. The van der Waals surface area contributed by atoms with Crippen molar-refractivity contribution in [2.45, 2.75) is 19.4 Å². The Labute approximate surface area is 80.9 Å². The Hall–Kier alpha value is -1.59. The molecule has 14 heavy (non-hydrogen) atoms. The fourth-order valence-corrected chi connectivity index (χ4v) is 1.30. The van der Waals surface area contributed by atoms with Gasteiger partial charge in [-0.2, -0.15) is 0 Å². The molecule has 1 saturated heterocycles. The number of carbonyl (C=O) groups excluding carboxylic acids is 2. The first-order valence-corrected chi connectivity index (χ1v) is 4.31. The van der Waals surface area contributed by atoms with Crippen molar-refractivity contribution in [3.63, 3.8) is 0 Å². The van der Waals surface area contributed by atoms with Gasteiger partial charge in [0, 0.05) is 6.54 Å². The molecule has 2 N–H and O–H groups in total. The van der Waals surface area contributed by atoms with E-state index in [0.29, 0.717) is 0 Å². The van der Waals surface area contributed by atoms with Crippen LogP contribution in [-0.4, -0.2) is 46.9 Å². The van der Waals surface area contributed by atoms with Crippen molar-refractivity contribution in [1.29, 1.82) is 0 Å². The summed E-state index contributed by atoms with van der Waals surface area (Å²) in [5, 5.41) is 10.9. The largest absolute Gasteiger partial charge is 0.481 e. The smallest absolute Gasteiger partial charge is 0.305 e. The number of nitrogens with one attached hydrogen (secondary N) is 1. The van der Waals surface area contributed by atoms with Crippen LogP contribution in [-0.2, 0) is 14.4 Å². The van der Waals surface area contributed by atoms with Crippen molar-refractivity contribution in [1.82, 2.24) is 10.2 Å². The van der Waals surface area contributed by atoms with E-state index >= 15 is 0 Å². The Bertz CT molecular complexity index is 277. The number of aliphatic carboxylic acids is 1. The van der Waals surface area contributed by atoms with Crippen molar-refractivity contribution in [3.05, 3.63) is 0 Å². The third kappa shape index (κ3) is 2.21. The number of hydrogen-bond donors (Lipinski definition) is 2. The average molecular weight is 200 g/mol. The Morgan fingerprint density at radius 1 is 1.64 bits per heavy atom. The van der Waals surface area contributed by atoms with Gasteiger partial charge in [-0.1, -0.05) is 0 Å². The van der Waals surface area contributed by atoms with Gasteiger partial charge in [0.25, 0.3) is 0 Å². The first-order valence-electron chi connectivity index (χ1n) is 4.31. The SMILES string of the molecule is CC1C(=O)NCC(=O)N1CCC(=O)O. The minimum atomic E-state index is -0.976. The van der Waals surface area contributed by atoms with Gasteiger partial charge in [-0.3, -0.25) is 14.4 Å². The van der Waals surface area contributed by atoms with Gasteiger partial charge in [0.1, 0.15) is 6.04 Å². The van der Waals surface area contributed by atoms with Crippen LogP contribution in [0.2, 0.25) is 0 Å². The minimum absolute atomic E-state index is 0.0389. The number of piperazine rings is 1. The number of carbonyl (C=O) groups is 3. The highest BCUT2D eigenvalue weighted by Crippen LogP contribution is 2.05. The predicted octanol–water partition coefficient (Wildman–Crippen LogP) is -1.19. The first-order chi connectivity index (χ1) is 6.52. The molecule has 0 aromatic carbocycles. The van der Waals surface area contributed by atoms with Crippen LogP contribution in [0.4, 0.5) is 0 Å². The molecule has 1 atom stereocenters. The molecule has 0 aromatic rings. The molecule has 0 aromatic heterocycles. The molecule has 0 radical (unpaired) electrons. The van der Waals surface area contributed by atoms with Crippen LogP contribution in [0.15, 0.2) is 0 Å². The summed E-state index contributed by atoms with van der Waals surface area (Å²) in [6.07, 6.45) is -0.136. The molecule has 1 heterocycles. The van der Waals surface area contributed by atoms with E-state index in [0.717, 1.165) is 0 Å². The van der Waals surface area contributed by atoms with Crippen LogP contribution in [0, 0.1) is 0 Å². The maximum absolute atomic E-state index is 11.3. The Balaban J connectivity index is 2.58. The lowest BCUT2D eigenvalue weighted by atomic mass is 10.2. The van der Waals surface area contributed by atoms with E-state index in [1.165, 1.54) is 4.90 Å². The summed E-state index contributed by atoms with van der Waals surface area (Å²) >= 11 is 0. The molecule has 1 fully saturated rings.